The third kappa shape index (κ3) is 3.94. The maximum absolute atomic E-state index is 12.7. The van der Waals surface area contributed by atoms with Gasteiger partial charge in [-0.05, 0) is 36.8 Å². The third-order valence-electron chi connectivity index (χ3n) is 4.04. The van der Waals surface area contributed by atoms with Crippen LogP contribution in [0.4, 0.5) is 5.69 Å². The minimum atomic E-state index is -3.52. The zero-order valence-electron chi connectivity index (χ0n) is 13.2. The second-order valence-corrected chi connectivity index (χ2v) is 9.87. The van der Waals surface area contributed by atoms with Crippen molar-refractivity contribution in [2.75, 3.05) is 31.1 Å². The average molecular weight is 416 g/mol. The van der Waals surface area contributed by atoms with Crippen LogP contribution in [-0.4, -0.2) is 38.9 Å². The molecule has 0 atom stereocenters. The number of sulfonamides is 1. The predicted octanol–water partition coefficient (Wildman–Crippen LogP) is 3.83. The van der Waals surface area contributed by atoms with Gasteiger partial charge in [-0.2, -0.15) is 9.57 Å². The first-order valence-corrected chi connectivity index (χ1v) is 10.6. The lowest BCUT2D eigenvalue weighted by Gasteiger charge is -2.23. The molecule has 2 aromatic rings. The number of halogens is 2. The number of nitriles is 1. The lowest BCUT2D eigenvalue weighted by molar-refractivity contribution is 0.434. The number of hydrogen-bond donors (Lipinski definition) is 0. The van der Waals surface area contributed by atoms with E-state index in [2.05, 4.69) is 4.90 Å². The number of anilines is 1. The molecule has 0 saturated carbocycles. The van der Waals surface area contributed by atoms with E-state index in [1.54, 1.807) is 24.3 Å². The Labute approximate surface area is 161 Å². The molecule has 1 aromatic carbocycles. The van der Waals surface area contributed by atoms with Crippen LogP contribution < -0.4 is 4.90 Å². The van der Waals surface area contributed by atoms with E-state index in [9.17, 15) is 8.42 Å². The van der Waals surface area contributed by atoms with Crippen molar-refractivity contribution in [3.8, 4) is 6.07 Å². The Morgan fingerprint density at radius 1 is 1.08 bits per heavy atom. The quantitative estimate of drug-likeness (QED) is 0.763. The molecule has 0 unspecified atom stereocenters. The first-order chi connectivity index (χ1) is 11.9. The van der Waals surface area contributed by atoms with Crippen molar-refractivity contribution in [1.29, 1.82) is 5.26 Å². The zero-order chi connectivity index (χ0) is 18.0. The number of nitrogens with zero attached hydrogens (tertiary/aromatic N) is 3. The number of rotatable bonds is 3. The van der Waals surface area contributed by atoms with E-state index in [0.29, 0.717) is 41.0 Å². The van der Waals surface area contributed by atoms with Crippen LogP contribution in [0.25, 0.3) is 0 Å². The fourth-order valence-electron chi connectivity index (χ4n) is 2.75. The van der Waals surface area contributed by atoms with Gasteiger partial charge in [-0.25, -0.2) is 8.42 Å². The van der Waals surface area contributed by atoms with Crippen molar-refractivity contribution < 1.29 is 8.42 Å². The van der Waals surface area contributed by atoms with Gasteiger partial charge in [0.25, 0.3) is 10.0 Å². The Morgan fingerprint density at radius 3 is 2.52 bits per heavy atom. The molecule has 5 nitrogen and oxygen atoms in total. The first-order valence-electron chi connectivity index (χ1n) is 7.62. The summed E-state index contributed by atoms with van der Waals surface area (Å²) in [6.07, 6.45) is 0.704. The average Bonchev–Trinajstić information content (AvgIpc) is 2.88. The predicted molar refractivity (Wildman–Crippen MR) is 101 cm³/mol. The van der Waals surface area contributed by atoms with Gasteiger partial charge in [0, 0.05) is 31.9 Å². The molecule has 25 heavy (non-hydrogen) atoms. The van der Waals surface area contributed by atoms with Crippen LogP contribution in [0.3, 0.4) is 0 Å². The molecular formula is C16H15Cl2N3O2S2. The van der Waals surface area contributed by atoms with E-state index in [-0.39, 0.29) is 4.21 Å². The van der Waals surface area contributed by atoms with Crippen LogP contribution in [0.15, 0.2) is 34.5 Å². The number of benzene rings is 1. The lowest BCUT2D eigenvalue weighted by atomic mass is 10.2. The highest BCUT2D eigenvalue weighted by Crippen LogP contribution is 2.29. The maximum Gasteiger partial charge on any atom is 0.252 e. The molecule has 0 bridgehead atoms. The highest BCUT2D eigenvalue weighted by Gasteiger charge is 2.28. The molecule has 9 heteroatoms. The van der Waals surface area contributed by atoms with E-state index >= 15 is 0 Å². The van der Waals surface area contributed by atoms with E-state index < -0.39 is 10.0 Å². The van der Waals surface area contributed by atoms with Crippen LogP contribution >= 0.6 is 34.5 Å². The molecule has 0 spiro atoms. The highest BCUT2D eigenvalue weighted by molar-refractivity contribution is 7.91. The molecule has 1 saturated heterocycles. The minimum Gasteiger partial charge on any atom is -0.370 e. The van der Waals surface area contributed by atoms with Crippen LogP contribution in [0, 0.1) is 11.3 Å². The molecular weight excluding hydrogens is 401 g/mol. The topological polar surface area (TPSA) is 64.4 Å². The van der Waals surface area contributed by atoms with Gasteiger partial charge in [-0.15, -0.1) is 11.3 Å². The standard InChI is InChI=1S/C16H15Cl2N3O2S2/c17-14-10-13(3-2-12(14)11-19)20-6-1-7-21(9-8-20)25(22,23)16-5-4-15(18)24-16/h2-5,10H,1,6-9H2. The Hall–Kier alpha value is -1.30. The van der Waals surface area contributed by atoms with Crippen molar-refractivity contribution in [3.05, 3.63) is 45.3 Å². The smallest absolute Gasteiger partial charge is 0.252 e. The van der Waals surface area contributed by atoms with E-state index in [4.69, 9.17) is 28.5 Å². The Bertz CT molecular complexity index is 922. The molecule has 1 aromatic heterocycles. The van der Waals surface area contributed by atoms with Gasteiger partial charge in [0.1, 0.15) is 10.3 Å². The van der Waals surface area contributed by atoms with E-state index in [1.165, 1.54) is 4.31 Å². The molecule has 3 rings (SSSR count). The van der Waals surface area contributed by atoms with Crippen molar-refractivity contribution in [2.45, 2.75) is 10.6 Å². The molecule has 0 amide bonds. The Balaban J connectivity index is 1.76. The zero-order valence-corrected chi connectivity index (χ0v) is 16.3. The molecule has 0 radical (unpaired) electrons. The summed E-state index contributed by atoms with van der Waals surface area (Å²) in [7, 11) is -3.52. The van der Waals surface area contributed by atoms with Crippen molar-refractivity contribution in [2.24, 2.45) is 0 Å². The third-order valence-corrected chi connectivity index (χ3v) is 7.95. The monoisotopic (exact) mass is 415 g/mol. The summed E-state index contributed by atoms with van der Waals surface area (Å²) in [6, 6.07) is 10.5. The molecule has 1 aliphatic heterocycles. The van der Waals surface area contributed by atoms with Crippen LogP contribution in [0.1, 0.15) is 12.0 Å². The first kappa shape index (κ1) is 18.5. The van der Waals surface area contributed by atoms with Crippen LogP contribution in [0.5, 0.6) is 0 Å². The molecule has 0 N–H and O–H groups in total. The summed E-state index contributed by atoms with van der Waals surface area (Å²) in [5, 5.41) is 9.37. The largest absolute Gasteiger partial charge is 0.370 e. The molecule has 1 aliphatic rings. The summed E-state index contributed by atoms with van der Waals surface area (Å²) < 4.78 is 27.7. The van der Waals surface area contributed by atoms with Gasteiger partial charge >= 0.3 is 0 Å². The second-order valence-electron chi connectivity index (χ2n) is 5.58. The SMILES string of the molecule is N#Cc1ccc(N2CCCN(S(=O)(=O)c3ccc(Cl)s3)CC2)cc1Cl. The summed E-state index contributed by atoms with van der Waals surface area (Å²) >= 11 is 13.1. The summed E-state index contributed by atoms with van der Waals surface area (Å²) in [4.78, 5) is 2.09. The molecule has 0 aliphatic carbocycles. The fraction of sp³-hybridized carbons (Fsp3) is 0.312. The van der Waals surface area contributed by atoms with Crippen molar-refractivity contribution >= 4 is 50.2 Å². The van der Waals surface area contributed by atoms with Gasteiger partial charge in [0.2, 0.25) is 0 Å². The Kier molecular flexibility index (Phi) is 5.56. The minimum absolute atomic E-state index is 0.271. The second kappa shape index (κ2) is 7.52. The normalized spacial score (nSPS) is 16.4. The molecule has 2 heterocycles. The van der Waals surface area contributed by atoms with Crippen LogP contribution in [0.2, 0.25) is 9.36 Å². The van der Waals surface area contributed by atoms with Crippen molar-refractivity contribution in [1.82, 2.24) is 4.31 Å². The van der Waals surface area contributed by atoms with Gasteiger partial charge in [-0.1, -0.05) is 23.2 Å². The van der Waals surface area contributed by atoms with E-state index in [0.717, 1.165) is 23.6 Å². The Morgan fingerprint density at radius 2 is 1.88 bits per heavy atom. The summed E-state index contributed by atoms with van der Waals surface area (Å²) in [5.41, 5.74) is 1.32. The van der Waals surface area contributed by atoms with Gasteiger partial charge in [-0.3, -0.25) is 0 Å². The number of hydrogen-bond acceptors (Lipinski definition) is 5. The van der Waals surface area contributed by atoms with Gasteiger partial charge in [0.15, 0.2) is 0 Å². The summed E-state index contributed by atoms with van der Waals surface area (Å²) in [6.45, 7) is 2.12. The molecule has 1 fully saturated rings. The summed E-state index contributed by atoms with van der Waals surface area (Å²) in [5.74, 6) is 0. The van der Waals surface area contributed by atoms with Gasteiger partial charge in [0.05, 0.1) is 14.9 Å². The van der Waals surface area contributed by atoms with Crippen molar-refractivity contribution in [3.63, 3.8) is 0 Å². The lowest BCUT2D eigenvalue weighted by Crippen LogP contribution is -2.34. The molecule has 132 valence electrons. The highest BCUT2D eigenvalue weighted by atomic mass is 35.5. The number of thiophene rings is 1. The van der Waals surface area contributed by atoms with Gasteiger partial charge < -0.3 is 4.90 Å². The maximum atomic E-state index is 12.7. The van der Waals surface area contributed by atoms with E-state index in [1.807, 2.05) is 12.1 Å². The van der Waals surface area contributed by atoms with Crippen LogP contribution in [-0.2, 0) is 10.0 Å². The fourth-order valence-corrected chi connectivity index (χ4v) is 6.07.